The van der Waals surface area contributed by atoms with E-state index in [4.69, 9.17) is 9.47 Å². The lowest BCUT2D eigenvalue weighted by atomic mass is 9.87. The summed E-state index contributed by atoms with van der Waals surface area (Å²) in [7, 11) is 1.38. The minimum absolute atomic E-state index is 0.0456. The number of carbonyl (C=O) groups is 1. The van der Waals surface area contributed by atoms with Crippen molar-refractivity contribution >= 4 is 16.9 Å². The third kappa shape index (κ3) is 3.87. The van der Waals surface area contributed by atoms with Crippen molar-refractivity contribution < 1.29 is 33.3 Å². The van der Waals surface area contributed by atoms with E-state index >= 15 is 0 Å². The molecule has 1 fully saturated rings. The van der Waals surface area contributed by atoms with Crippen LogP contribution in [0.2, 0.25) is 0 Å². The second kappa shape index (κ2) is 9.28. The van der Waals surface area contributed by atoms with Crippen LogP contribution in [-0.2, 0) is 4.74 Å². The number of phenols is 1. The van der Waals surface area contributed by atoms with Gasteiger partial charge >= 0.3 is 5.97 Å². The van der Waals surface area contributed by atoms with Gasteiger partial charge in [0.25, 0.3) is 0 Å². The van der Waals surface area contributed by atoms with E-state index in [2.05, 4.69) is 0 Å². The summed E-state index contributed by atoms with van der Waals surface area (Å²) in [4.78, 5) is 11.8. The predicted molar refractivity (Wildman–Crippen MR) is 131 cm³/mol. The predicted octanol–water partition coefficient (Wildman–Crippen LogP) is 6.19. The summed E-state index contributed by atoms with van der Waals surface area (Å²) >= 11 is 0. The van der Waals surface area contributed by atoms with Gasteiger partial charge in [-0.05, 0) is 67.3 Å². The largest absolute Gasteiger partial charge is 0.504 e. The van der Waals surface area contributed by atoms with E-state index in [-0.39, 0.29) is 22.6 Å². The first kappa shape index (κ1) is 23.8. The average molecular weight is 494 g/mol. The summed E-state index contributed by atoms with van der Waals surface area (Å²) in [5.74, 6) is -2.93. The molecule has 186 valence electrons. The Morgan fingerprint density at radius 3 is 2.47 bits per heavy atom. The van der Waals surface area contributed by atoms with Gasteiger partial charge in [0.05, 0.1) is 23.6 Å². The molecule has 5 rings (SSSR count). The Hall–Kier alpha value is -3.91. The second-order valence-electron chi connectivity index (χ2n) is 8.93. The molecule has 8 heteroatoms. The van der Waals surface area contributed by atoms with Crippen LogP contribution < -0.4 is 4.74 Å². The number of hydrogen-bond acceptors (Lipinski definition) is 4. The molecule has 2 heterocycles. The van der Waals surface area contributed by atoms with Crippen molar-refractivity contribution in [1.82, 2.24) is 4.57 Å². The lowest BCUT2D eigenvalue weighted by molar-refractivity contribution is 0.0697. The van der Waals surface area contributed by atoms with Crippen molar-refractivity contribution in [2.75, 3.05) is 20.3 Å². The lowest BCUT2D eigenvalue weighted by Crippen LogP contribution is -2.17. The highest BCUT2D eigenvalue weighted by Gasteiger charge is 2.31. The van der Waals surface area contributed by atoms with Gasteiger partial charge in [-0.15, -0.1) is 0 Å². The molecule has 4 aromatic rings. The van der Waals surface area contributed by atoms with Gasteiger partial charge in [-0.25, -0.2) is 13.6 Å². The first-order chi connectivity index (χ1) is 17.3. The quantitative estimate of drug-likeness (QED) is 0.347. The van der Waals surface area contributed by atoms with Gasteiger partial charge in [-0.1, -0.05) is 6.07 Å². The Labute approximate surface area is 206 Å². The zero-order chi connectivity index (χ0) is 25.6. The van der Waals surface area contributed by atoms with Gasteiger partial charge in [-0.3, -0.25) is 0 Å². The number of carboxylic acids is 1. The third-order valence-electron chi connectivity index (χ3n) is 6.85. The number of ether oxygens (including phenoxy) is 2. The standard InChI is InChI=1S/C28H25F2NO5/c1-15-3-4-17(28(33)34)13-19(15)24-25-22(8-7-21(30)27(25)32)31(26(24)16-9-11-36-12-10-16)18-5-6-20(29)23(14-18)35-2/h3-8,13-14,16,32H,9-12H2,1-2H3,(H,33,34). The Kier molecular flexibility index (Phi) is 6.14. The number of phenolic OH excluding ortho intramolecular Hbond substituents is 1. The molecule has 0 amide bonds. The lowest BCUT2D eigenvalue weighted by Gasteiger charge is -2.26. The van der Waals surface area contributed by atoms with E-state index in [1.807, 2.05) is 11.5 Å². The van der Waals surface area contributed by atoms with Gasteiger partial charge in [-0.2, -0.15) is 0 Å². The van der Waals surface area contributed by atoms with Crippen molar-refractivity contribution in [1.29, 1.82) is 0 Å². The Morgan fingerprint density at radius 2 is 1.78 bits per heavy atom. The SMILES string of the molecule is COc1cc(-n2c(C3CCOCC3)c(-c3cc(C(=O)O)ccc3C)c3c(O)c(F)ccc32)ccc1F. The second-order valence-corrected chi connectivity index (χ2v) is 8.93. The minimum atomic E-state index is -1.09. The first-order valence-corrected chi connectivity index (χ1v) is 11.6. The van der Waals surface area contributed by atoms with Crippen LogP contribution in [0.4, 0.5) is 8.78 Å². The van der Waals surface area contributed by atoms with E-state index in [1.165, 1.54) is 25.3 Å². The molecule has 0 saturated carbocycles. The molecule has 0 aliphatic carbocycles. The monoisotopic (exact) mass is 493 g/mol. The molecule has 1 aromatic heterocycles. The molecule has 0 unspecified atom stereocenters. The van der Waals surface area contributed by atoms with Crippen LogP contribution in [0, 0.1) is 18.6 Å². The third-order valence-corrected chi connectivity index (χ3v) is 6.85. The average Bonchev–Trinajstić information content (AvgIpc) is 3.22. The molecular formula is C28H25F2NO5. The highest BCUT2D eigenvalue weighted by molar-refractivity contribution is 6.05. The van der Waals surface area contributed by atoms with Crippen LogP contribution in [-0.4, -0.2) is 41.1 Å². The van der Waals surface area contributed by atoms with Gasteiger partial charge in [0.15, 0.2) is 23.1 Å². The number of aromatic nitrogens is 1. The summed E-state index contributed by atoms with van der Waals surface area (Å²) in [5.41, 5.74) is 3.84. The Balaban J connectivity index is 1.95. The number of hydrogen-bond donors (Lipinski definition) is 2. The van der Waals surface area contributed by atoms with Crippen LogP contribution in [0.3, 0.4) is 0 Å². The number of rotatable bonds is 5. The van der Waals surface area contributed by atoms with Crippen LogP contribution in [0.25, 0.3) is 27.7 Å². The van der Waals surface area contributed by atoms with Crippen LogP contribution in [0.1, 0.15) is 40.4 Å². The molecule has 1 aliphatic rings. The van der Waals surface area contributed by atoms with E-state index in [9.17, 15) is 23.8 Å². The van der Waals surface area contributed by atoms with Crippen molar-refractivity contribution in [2.45, 2.75) is 25.7 Å². The van der Waals surface area contributed by atoms with Crippen LogP contribution in [0.15, 0.2) is 48.5 Å². The van der Waals surface area contributed by atoms with Gasteiger partial charge in [0, 0.05) is 42.1 Å². The maximum absolute atomic E-state index is 14.8. The number of fused-ring (bicyclic) bond motifs is 1. The zero-order valence-electron chi connectivity index (χ0n) is 19.8. The Morgan fingerprint density at radius 1 is 1.06 bits per heavy atom. The van der Waals surface area contributed by atoms with E-state index in [0.29, 0.717) is 48.4 Å². The van der Waals surface area contributed by atoms with Crippen molar-refractivity contribution in [3.8, 4) is 28.3 Å². The number of halogens is 2. The normalized spacial score (nSPS) is 14.3. The van der Waals surface area contributed by atoms with E-state index in [0.717, 1.165) is 11.3 Å². The molecule has 36 heavy (non-hydrogen) atoms. The Bertz CT molecular complexity index is 1490. The van der Waals surface area contributed by atoms with E-state index in [1.54, 1.807) is 30.3 Å². The summed E-state index contributed by atoms with van der Waals surface area (Å²) in [6.07, 6.45) is 1.34. The topological polar surface area (TPSA) is 80.9 Å². The molecule has 1 saturated heterocycles. The van der Waals surface area contributed by atoms with Gasteiger partial charge in [0.2, 0.25) is 0 Å². The van der Waals surface area contributed by atoms with Gasteiger partial charge in [0.1, 0.15) is 0 Å². The number of nitrogens with zero attached hydrogens (tertiary/aromatic N) is 1. The number of carboxylic acid groups (broad SMARTS) is 1. The number of methoxy groups -OCH3 is 1. The molecule has 0 atom stereocenters. The van der Waals surface area contributed by atoms with Gasteiger partial charge < -0.3 is 24.3 Å². The molecular weight excluding hydrogens is 468 g/mol. The number of benzene rings is 3. The molecule has 0 bridgehead atoms. The summed E-state index contributed by atoms with van der Waals surface area (Å²) in [6.45, 7) is 2.88. The maximum Gasteiger partial charge on any atom is 0.335 e. The van der Waals surface area contributed by atoms with Crippen LogP contribution >= 0.6 is 0 Å². The van der Waals surface area contributed by atoms with Crippen molar-refractivity contribution in [2.24, 2.45) is 0 Å². The highest BCUT2D eigenvalue weighted by Crippen LogP contribution is 2.48. The number of aryl methyl sites for hydroxylation is 1. The maximum atomic E-state index is 14.8. The fourth-order valence-electron chi connectivity index (χ4n) is 5.08. The van der Waals surface area contributed by atoms with Crippen molar-refractivity contribution in [3.63, 3.8) is 0 Å². The molecule has 2 N–H and O–H groups in total. The molecule has 3 aromatic carbocycles. The smallest absolute Gasteiger partial charge is 0.335 e. The molecule has 1 aliphatic heterocycles. The first-order valence-electron chi connectivity index (χ1n) is 11.6. The summed E-state index contributed by atoms with van der Waals surface area (Å²) in [5, 5.41) is 20.9. The molecule has 6 nitrogen and oxygen atoms in total. The van der Waals surface area contributed by atoms with Crippen LogP contribution in [0.5, 0.6) is 11.5 Å². The fraction of sp³-hybridized carbons (Fsp3) is 0.250. The fourth-order valence-corrected chi connectivity index (χ4v) is 5.08. The summed E-state index contributed by atoms with van der Waals surface area (Å²) < 4.78 is 41.8. The molecule has 0 radical (unpaired) electrons. The minimum Gasteiger partial charge on any atom is -0.504 e. The summed E-state index contributed by atoms with van der Waals surface area (Å²) in [6, 6.07) is 12.0. The number of aromatic hydroxyl groups is 1. The number of aromatic carboxylic acids is 1. The highest BCUT2D eigenvalue weighted by atomic mass is 19.1. The van der Waals surface area contributed by atoms with Crippen molar-refractivity contribution in [3.05, 3.63) is 77.0 Å². The van der Waals surface area contributed by atoms with E-state index < -0.39 is 23.4 Å². The zero-order valence-corrected chi connectivity index (χ0v) is 19.8. The molecule has 0 spiro atoms.